The number of rotatable bonds is 9. The van der Waals surface area contributed by atoms with Crippen molar-refractivity contribution < 1.29 is 14.0 Å². The van der Waals surface area contributed by atoms with Crippen molar-refractivity contribution in [2.45, 2.75) is 62.6 Å². The Balaban J connectivity index is 1.66. The predicted molar refractivity (Wildman–Crippen MR) is 124 cm³/mol. The van der Waals surface area contributed by atoms with E-state index in [1.807, 2.05) is 24.3 Å². The summed E-state index contributed by atoms with van der Waals surface area (Å²) in [5, 5.41) is 3.72. The van der Waals surface area contributed by atoms with E-state index in [1.165, 1.54) is 11.0 Å². The molecule has 166 valence electrons. The zero-order chi connectivity index (χ0) is 22.2. The predicted octanol–water partition coefficient (Wildman–Crippen LogP) is 5.44. The second kappa shape index (κ2) is 11.5. The minimum Gasteiger partial charge on any atom is -0.352 e. The van der Waals surface area contributed by atoms with Gasteiger partial charge in [0.2, 0.25) is 11.8 Å². The first kappa shape index (κ1) is 23.6. The summed E-state index contributed by atoms with van der Waals surface area (Å²) in [7, 11) is 0. The highest BCUT2D eigenvalue weighted by atomic mass is 35.5. The van der Waals surface area contributed by atoms with Gasteiger partial charge in [0.25, 0.3) is 0 Å². The SMILES string of the molecule is C[C@H](C(=O)NC1CCCC1)N(Cc1ccccc1F)C(=O)CCSc1ccc(Cl)cc1. The molecule has 0 unspecified atom stereocenters. The quantitative estimate of drug-likeness (QED) is 0.505. The highest BCUT2D eigenvalue weighted by Crippen LogP contribution is 2.23. The highest BCUT2D eigenvalue weighted by Gasteiger charge is 2.28. The number of carbonyl (C=O) groups is 2. The maximum absolute atomic E-state index is 14.3. The Labute approximate surface area is 192 Å². The number of benzene rings is 2. The molecule has 1 aliphatic carbocycles. The molecule has 7 heteroatoms. The standard InChI is InChI=1S/C24H28ClFN2O2S/c1-17(24(30)27-20-7-3-4-8-20)28(16-18-6-2-5-9-22(18)26)23(29)14-15-31-21-12-10-19(25)11-13-21/h2,5-6,9-13,17,20H,3-4,7-8,14-16H2,1H3,(H,27,30)/t17-/m1/s1. The molecule has 0 radical (unpaired) electrons. The first-order valence-electron chi connectivity index (χ1n) is 10.7. The third-order valence-corrected chi connectivity index (χ3v) is 6.83. The van der Waals surface area contributed by atoms with Crippen LogP contribution in [0.5, 0.6) is 0 Å². The van der Waals surface area contributed by atoms with E-state index in [0.29, 0.717) is 16.3 Å². The number of thioether (sulfide) groups is 1. The lowest BCUT2D eigenvalue weighted by molar-refractivity contribution is -0.140. The Hall–Kier alpha value is -2.05. The fourth-order valence-corrected chi connectivity index (χ4v) is 4.68. The Kier molecular flexibility index (Phi) is 8.79. The molecule has 0 aliphatic heterocycles. The molecule has 0 saturated heterocycles. The van der Waals surface area contributed by atoms with Crippen molar-refractivity contribution in [1.29, 1.82) is 0 Å². The molecule has 2 aromatic carbocycles. The van der Waals surface area contributed by atoms with E-state index in [2.05, 4.69) is 5.32 Å². The number of amides is 2. The number of hydrogen-bond donors (Lipinski definition) is 1. The summed E-state index contributed by atoms with van der Waals surface area (Å²) in [6.45, 7) is 1.78. The first-order chi connectivity index (χ1) is 14.9. The van der Waals surface area contributed by atoms with Crippen molar-refractivity contribution in [3.8, 4) is 0 Å². The summed E-state index contributed by atoms with van der Waals surface area (Å²) < 4.78 is 14.3. The van der Waals surface area contributed by atoms with Crippen molar-refractivity contribution in [3.05, 3.63) is 64.9 Å². The minimum atomic E-state index is -0.673. The molecule has 2 aromatic rings. The lowest BCUT2D eigenvalue weighted by Crippen LogP contribution is -2.49. The molecule has 1 aliphatic rings. The molecule has 0 bridgehead atoms. The lowest BCUT2D eigenvalue weighted by atomic mass is 10.1. The van der Waals surface area contributed by atoms with Crippen molar-refractivity contribution in [2.75, 3.05) is 5.75 Å². The summed E-state index contributed by atoms with van der Waals surface area (Å²) in [5.41, 5.74) is 0.404. The van der Waals surface area contributed by atoms with E-state index >= 15 is 0 Å². The number of hydrogen-bond acceptors (Lipinski definition) is 3. The van der Waals surface area contributed by atoms with E-state index in [-0.39, 0.29) is 36.6 Å². The zero-order valence-electron chi connectivity index (χ0n) is 17.7. The van der Waals surface area contributed by atoms with Gasteiger partial charge in [-0.15, -0.1) is 11.8 Å². The van der Waals surface area contributed by atoms with Gasteiger partial charge in [0.1, 0.15) is 11.9 Å². The van der Waals surface area contributed by atoms with Gasteiger partial charge in [-0.2, -0.15) is 0 Å². The molecule has 0 heterocycles. The summed E-state index contributed by atoms with van der Waals surface area (Å²) in [4.78, 5) is 28.4. The summed E-state index contributed by atoms with van der Waals surface area (Å²) in [6, 6.07) is 13.3. The summed E-state index contributed by atoms with van der Waals surface area (Å²) >= 11 is 7.46. The Morgan fingerprint density at radius 3 is 2.52 bits per heavy atom. The van der Waals surface area contributed by atoms with E-state index < -0.39 is 6.04 Å². The lowest BCUT2D eigenvalue weighted by Gasteiger charge is -2.30. The van der Waals surface area contributed by atoms with Crippen LogP contribution in [0.15, 0.2) is 53.4 Å². The molecule has 1 fully saturated rings. The zero-order valence-corrected chi connectivity index (χ0v) is 19.2. The van der Waals surface area contributed by atoms with E-state index in [4.69, 9.17) is 11.6 Å². The average molecular weight is 463 g/mol. The molecule has 0 aromatic heterocycles. The van der Waals surface area contributed by atoms with Crippen LogP contribution >= 0.6 is 23.4 Å². The topological polar surface area (TPSA) is 49.4 Å². The monoisotopic (exact) mass is 462 g/mol. The Morgan fingerprint density at radius 1 is 1.16 bits per heavy atom. The third kappa shape index (κ3) is 6.97. The Bertz CT molecular complexity index is 887. The second-order valence-electron chi connectivity index (χ2n) is 7.83. The van der Waals surface area contributed by atoms with Crippen molar-refractivity contribution in [2.24, 2.45) is 0 Å². The van der Waals surface area contributed by atoms with Gasteiger partial charge in [-0.3, -0.25) is 9.59 Å². The van der Waals surface area contributed by atoms with Gasteiger partial charge in [-0.05, 0) is 50.1 Å². The number of halogens is 2. The van der Waals surface area contributed by atoms with Crippen molar-refractivity contribution in [3.63, 3.8) is 0 Å². The van der Waals surface area contributed by atoms with Crippen molar-refractivity contribution >= 4 is 35.2 Å². The molecular weight excluding hydrogens is 435 g/mol. The molecular formula is C24H28ClFN2O2S. The van der Waals surface area contributed by atoms with E-state index in [1.54, 1.807) is 36.9 Å². The molecule has 1 atom stereocenters. The molecule has 3 rings (SSSR count). The van der Waals surface area contributed by atoms with Gasteiger partial charge in [0.05, 0.1) is 0 Å². The van der Waals surface area contributed by atoms with Crippen LogP contribution in [0.25, 0.3) is 0 Å². The summed E-state index contributed by atoms with van der Waals surface area (Å²) in [5.74, 6) is -0.162. The number of carbonyl (C=O) groups excluding carboxylic acids is 2. The van der Waals surface area contributed by atoms with Crippen LogP contribution < -0.4 is 5.32 Å². The number of nitrogens with zero attached hydrogens (tertiary/aromatic N) is 1. The van der Waals surface area contributed by atoms with Gasteiger partial charge >= 0.3 is 0 Å². The summed E-state index contributed by atoms with van der Waals surface area (Å²) in [6.07, 6.45) is 4.41. The van der Waals surface area contributed by atoms with Gasteiger partial charge < -0.3 is 10.2 Å². The van der Waals surface area contributed by atoms with Crippen LogP contribution in [0.2, 0.25) is 5.02 Å². The minimum absolute atomic E-state index is 0.0658. The van der Waals surface area contributed by atoms with Crippen molar-refractivity contribution in [1.82, 2.24) is 10.2 Å². The van der Waals surface area contributed by atoms with Crippen LogP contribution in [0.4, 0.5) is 4.39 Å². The smallest absolute Gasteiger partial charge is 0.242 e. The number of nitrogens with one attached hydrogen (secondary N) is 1. The molecule has 1 saturated carbocycles. The van der Waals surface area contributed by atoms with E-state index in [0.717, 1.165) is 30.6 Å². The average Bonchev–Trinajstić information content (AvgIpc) is 3.27. The van der Waals surface area contributed by atoms with Crippen LogP contribution in [0.1, 0.15) is 44.6 Å². The fraction of sp³-hybridized carbons (Fsp3) is 0.417. The second-order valence-corrected chi connectivity index (χ2v) is 9.44. The van der Waals surface area contributed by atoms with Gasteiger partial charge in [0.15, 0.2) is 0 Å². The molecule has 0 spiro atoms. The van der Waals surface area contributed by atoms with Crippen LogP contribution in [0.3, 0.4) is 0 Å². The van der Waals surface area contributed by atoms with Gasteiger partial charge in [0, 0.05) is 40.2 Å². The van der Waals surface area contributed by atoms with Crippen LogP contribution in [-0.2, 0) is 16.1 Å². The highest BCUT2D eigenvalue weighted by molar-refractivity contribution is 7.99. The largest absolute Gasteiger partial charge is 0.352 e. The van der Waals surface area contributed by atoms with Gasteiger partial charge in [-0.25, -0.2) is 4.39 Å². The molecule has 4 nitrogen and oxygen atoms in total. The molecule has 1 N–H and O–H groups in total. The normalized spacial score (nSPS) is 14.9. The molecule has 31 heavy (non-hydrogen) atoms. The van der Waals surface area contributed by atoms with Crippen LogP contribution in [-0.4, -0.2) is 34.6 Å². The molecule has 2 amide bonds. The maximum Gasteiger partial charge on any atom is 0.242 e. The van der Waals surface area contributed by atoms with E-state index in [9.17, 15) is 14.0 Å². The van der Waals surface area contributed by atoms with Crippen LogP contribution in [0, 0.1) is 5.82 Å². The fourth-order valence-electron chi connectivity index (χ4n) is 3.72. The maximum atomic E-state index is 14.3. The Morgan fingerprint density at radius 2 is 1.84 bits per heavy atom. The first-order valence-corrected chi connectivity index (χ1v) is 12.0. The van der Waals surface area contributed by atoms with Gasteiger partial charge in [-0.1, -0.05) is 42.6 Å². The third-order valence-electron chi connectivity index (χ3n) is 5.57.